The molecule has 2 aromatic heterocycles. The Balaban J connectivity index is 0.000000223. The lowest BCUT2D eigenvalue weighted by Gasteiger charge is -2.10. The molecule has 0 bridgehead atoms. The minimum Gasteiger partial charge on any atom is -0.396 e. The van der Waals surface area contributed by atoms with Crippen molar-refractivity contribution in [3.05, 3.63) is 67.9 Å². The van der Waals surface area contributed by atoms with Crippen LogP contribution in [0.5, 0.6) is 0 Å². The Morgan fingerprint density at radius 1 is 0.971 bits per heavy atom. The number of rotatable bonds is 5. The molecule has 0 fully saturated rings. The number of anilines is 3. The van der Waals surface area contributed by atoms with Gasteiger partial charge in [0.15, 0.2) is 0 Å². The smallest absolute Gasteiger partial charge is 0.311 e. The van der Waals surface area contributed by atoms with E-state index in [9.17, 15) is 10.1 Å². The number of nitrogen functional groups attached to an aromatic ring is 1. The summed E-state index contributed by atoms with van der Waals surface area (Å²) in [5, 5.41) is 26.3. The van der Waals surface area contributed by atoms with Crippen molar-refractivity contribution in [2.75, 3.05) is 29.5 Å². The number of nitrogens with zero attached hydrogens (tertiary/aromatic N) is 4. The SMILES string of the molecule is CC#N.CCNc1c(N)cnc2cc(Br)ccc12.CCNc1c([N+](=O)[O-])cnc2cc(Br)ccc12. The van der Waals surface area contributed by atoms with Gasteiger partial charge < -0.3 is 16.4 Å². The number of hydrogen-bond acceptors (Lipinski definition) is 8. The fourth-order valence-corrected chi connectivity index (χ4v) is 3.91. The van der Waals surface area contributed by atoms with Crippen LogP contribution in [0.2, 0.25) is 0 Å². The molecule has 0 spiro atoms. The highest BCUT2D eigenvalue weighted by molar-refractivity contribution is 9.10. The van der Waals surface area contributed by atoms with E-state index in [2.05, 4.69) is 52.5 Å². The molecule has 35 heavy (non-hydrogen) atoms. The van der Waals surface area contributed by atoms with Gasteiger partial charge in [-0.25, -0.2) is 4.98 Å². The second-order valence-corrected chi connectivity index (χ2v) is 8.80. The van der Waals surface area contributed by atoms with E-state index in [1.165, 1.54) is 13.1 Å². The van der Waals surface area contributed by atoms with Gasteiger partial charge in [-0.1, -0.05) is 31.9 Å². The molecule has 4 N–H and O–H groups in total. The number of pyridine rings is 2. The first kappa shape index (κ1) is 27.8. The molecule has 0 aliphatic heterocycles. The van der Waals surface area contributed by atoms with Gasteiger partial charge in [-0.05, 0) is 50.2 Å². The van der Waals surface area contributed by atoms with Crippen LogP contribution in [0, 0.1) is 21.4 Å². The van der Waals surface area contributed by atoms with Gasteiger partial charge in [0.1, 0.15) is 11.9 Å². The molecule has 0 unspecified atom stereocenters. The summed E-state index contributed by atoms with van der Waals surface area (Å²) in [5.74, 6) is 0. The molecule has 9 nitrogen and oxygen atoms in total. The predicted molar refractivity (Wildman–Crippen MR) is 150 cm³/mol. The minimum absolute atomic E-state index is 0.00155. The van der Waals surface area contributed by atoms with Crippen molar-refractivity contribution in [3.63, 3.8) is 0 Å². The number of fused-ring (bicyclic) bond motifs is 2. The lowest BCUT2D eigenvalue weighted by molar-refractivity contribution is -0.384. The fourth-order valence-electron chi connectivity index (χ4n) is 3.21. The summed E-state index contributed by atoms with van der Waals surface area (Å²) in [6.45, 7) is 6.84. The number of hydrogen-bond donors (Lipinski definition) is 3. The third-order valence-corrected chi connectivity index (χ3v) is 5.56. The van der Waals surface area contributed by atoms with Crippen molar-refractivity contribution in [3.8, 4) is 6.07 Å². The second-order valence-electron chi connectivity index (χ2n) is 6.97. The number of aromatic nitrogens is 2. The Morgan fingerprint density at radius 2 is 1.43 bits per heavy atom. The monoisotopic (exact) mass is 601 g/mol. The number of nitro groups is 1. The molecule has 0 amide bonds. The van der Waals surface area contributed by atoms with Crippen LogP contribution < -0.4 is 16.4 Å². The first-order chi connectivity index (χ1) is 16.8. The third-order valence-electron chi connectivity index (χ3n) is 4.58. The maximum atomic E-state index is 10.9. The summed E-state index contributed by atoms with van der Waals surface area (Å²) in [4.78, 5) is 18.9. The van der Waals surface area contributed by atoms with E-state index in [1.54, 1.807) is 12.3 Å². The quantitative estimate of drug-likeness (QED) is 0.166. The van der Waals surface area contributed by atoms with E-state index in [1.807, 2.05) is 50.2 Å². The maximum absolute atomic E-state index is 10.9. The van der Waals surface area contributed by atoms with Crippen LogP contribution in [-0.4, -0.2) is 28.0 Å². The lowest BCUT2D eigenvalue weighted by Crippen LogP contribution is -2.02. The average molecular weight is 603 g/mol. The molecule has 4 rings (SSSR count). The van der Waals surface area contributed by atoms with E-state index in [0.29, 0.717) is 17.9 Å². The largest absolute Gasteiger partial charge is 0.396 e. The number of halogens is 2. The van der Waals surface area contributed by atoms with Gasteiger partial charge in [-0.3, -0.25) is 15.1 Å². The Kier molecular flexibility index (Phi) is 10.6. The number of benzene rings is 2. The molecule has 4 aromatic rings. The zero-order valence-electron chi connectivity index (χ0n) is 19.5. The average Bonchev–Trinajstić information content (AvgIpc) is 2.82. The summed E-state index contributed by atoms with van der Waals surface area (Å²) in [5.41, 5.74) is 9.72. The first-order valence-electron chi connectivity index (χ1n) is 10.6. The molecule has 0 atom stereocenters. The van der Waals surface area contributed by atoms with Gasteiger partial charge in [0.05, 0.1) is 39.6 Å². The van der Waals surface area contributed by atoms with Crippen molar-refractivity contribution < 1.29 is 4.92 Å². The summed E-state index contributed by atoms with van der Waals surface area (Å²) in [6.07, 6.45) is 2.97. The molecular weight excluding hydrogens is 578 g/mol. The Bertz CT molecular complexity index is 1370. The van der Waals surface area contributed by atoms with E-state index in [0.717, 1.165) is 43.0 Å². The second kappa shape index (κ2) is 13.4. The van der Waals surface area contributed by atoms with E-state index in [4.69, 9.17) is 11.0 Å². The molecule has 0 aliphatic rings. The zero-order valence-corrected chi connectivity index (χ0v) is 22.6. The molecular formula is C24H25Br2N7O2. The Labute approximate surface area is 220 Å². The zero-order chi connectivity index (χ0) is 26.0. The van der Waals surface area contributed by atoms with Crippen LogP contribution in [0.25, 0.3) is 21.8 Å². The number of nitrogens with two attached hydrogens (primary N) is 1. The van der Waals surface area contributed by atoms with E-state index >= 15 is 0 Å². The van der Waals surface area contributed by atoms with Gasteiger partial charge in [-0.15, -0.1) is 0 Å². The van der Waals surface area contributed by atoms with Crippen LogP contribution in [-0.2, 0) is 0 Å². The van der Waals surface area contributed by atoms with Crippen LogP contribution in [0.3, 0.4) is 0 Å². The summed E-state index contributed by atoms with van der Waals surface area (Å²) >= 11 is 6.77. The molecule has 0 saturated carbocycles. The minimum atomic E-state index is -0.424. The number of nitrogens with one attached hydrogen (secondary N) is 2. The van der Waals surface area contributed by atoms with Crippen LogP contribution in [0.15, 0.2) is 57.7 Å². The van der Waals surface area contributed by atoms with Gasteiger partial charge in [0.2, 0.25) is 0 Å². The summed E-state index contributed by atoms with van der Waals surface area (Å²) < 4.78 is 1.92. The first-order valence-corrected chi connectivity index (χ1v) is 12.2. The fraction of sp³-hybridized carbons (Fsp3) is 0.208. The van der Waals surface area contributed by atoms with Crippen molar-refractivity contribution in [1.29, 1.82) is 5.26 Å². The highest BCUT2D eigenvalue weighted by Crippen LogP contribution is 2.32. The normalized spacial score (nSPS) is 9.83. The molecule has 182 valence electrons. The molecule has 0 aliphatic carbocycles. The highest BCUT2D eigenvalue weighted by Gasteiger charge is 2.17. The molecule has 2 aromatic carbocycles. The summed E-state index contributed by atoms with van der Waals surface area (Å²) in [6, 6.07) is 13.2. The van der Waals surface area contributed by atoms with Gasteiger partial charge in [0.25, 0.3) is 0 Å². The van der Waals surface area contributed by atoms with Crippen molar-refractivity contribution >= 4 is 76.4 Å². The standard InChI is InChI=1S/C11H10BrN3O2.C11H12BrN3.C2H3N/c1-2-13-11-8-4-3-7(12)5-9(8)14-6-10(11)15(16)17;1-2-14-11-8-4-3-7(12)5-10(8)15-6-9(11)13;1-2-3/h3-6H,2H2,1H3,(H,13,14);3-6H,2,13H2,1H3,(H,14,15);1H3. The van der Waals surface area contributed by atoms with Gasteiger partial charge >= 0.3 is 5.69 Å². The third kappa shape index (κ3) is 7.24. The van der Waals surface area contributed by atoms with Crippen molar-refractivity contribution in [1.82, 2.24) is 9.97 Å². The Morgan fingerprint density at radius 3 is 1.91 bits per heavy atom. The van der Waals surface area contributed by atoms with Crippen LogP contribution in [0.4, 0.5) is 22.7 Å². The summed E-state index contributed by atoms with van der Waals surface area (Å²) in [7, 11) is 0. The van der Waals surface area contributed by atoms with Gasteiger partial charge in [0, 0.05) is 39.7 Å². The maximum Gasteiger partial charge on any atom is 0.311 e. The lowest BCUT2D eigenvalue weighted by atomic mass is 10.1. The van der Waals surface area contributed by atoms with Crippen molar-refractivity contribution in [2.45, 2.75) is 20.8 Å². The molecule has 2 heterocycles. The van der Waals surface area contributed by atoms with E-state index in [-0.39, 0.29) is 5.69 Å². The van der Waals surface area contributed by atoms with Gasteiger partial charge in [-0.2, -0.15) is 5.26 Å². The topological polar surface area (TPSA) is 143 Å². The highest BCUT2D eigenvalue weighted by atomic mass is 79.9. The van der Waals surface area contributed by atoms with Crippen molar-refractivity contribution in [2.24, 2.45) is 0 Å². The van der Waals surface area contributed by atoms with Crippen LogP contribution >= 0.6 is 31.9 Å². The van der Waals surface area contributed by atoms with Crippen LogP contribution in [0.1, 0.15) is 20.8 Å². The number of nitriles is 1. The Hall–Kier alpha value is -3.49. The predicted octanol–water partition coefficient (Wildman–Crippen LogP) is 6.88. The van der Waals surface area contributed by atoms with E-state index < -0.39 is 4.92 Å². The molecule has 0 radical (unpaired) electrons. The molecule has 11 heteroatoms. The molecule has 0 saturated heterocycles.